The van der Waals surface area contributed by atoms with Gasteiger partial charge >= 0.3 is 24.0 Å². The van der Waals surface area contributed by atoms with Crippen LogP contribution in [0.4, 0.5) is 30.7 Å². The lowest BCUT2D eigenvalue weighted by Crippen LogP contribution is -2.51. The lowest BCUT2D eigenvalue weighted by Gasteiger charge is -2.33. The van der Waals surface area contributed by atoms with Gasteiger partial charge < -0.3 is 5.11 Å². The van der Waals surface area contributed by atoms with Gasteiger partial charge in [-0.3, -0.25) is 0 Å². The van der Waals surface area contributed by atoms with E-state index in [-0.39, 0.29) is 12.5 Å². The average Bonchev–Trinajstić information content (AvgIpc) is 2.56. The van der Waals surface area contributed by atoms with Crippen LogP contribution in [-0.2, 0) is 21.9 Å². The van der Waals surface area contributed by atoms with E-state index in [0.29, 0.717) is 6.07 Å². The molecule has 0 aliphatic carbocycles. The first-order valence-electron chi connectivity index (χ1n) is 7.94. The fourth-order valence-electron chi connectivity index (χ4n) is 2.66. The smallest absolute Gasteiger partial charge is 0.435 e. The normalized spacial score (nSPS) is 14.8. The van der Waals surface area contributed by atoms with Gasteiger partial charge in [0.1, 0.15) is 0 Å². The summed E-state index contributed by atoms with van der Waals surface area (Å²) >= 11 is 0. The molecule has 0 saturated carbocycles. The third kappa shape index (κ3) is 3.70. The van der Waals surface area contributed by atoms with Crippen LogP contribution in [0.5, 0.6) is 0 Å². The molecule has 0 fully saturated rings. The Morgan fingerprint density at radius 1 is 1.04 bits per heavy atom. The van der Waals surface area contributed by atoms with E-state index >= 15 is 0 Å². The number of sulfone groups is 1. The lowest BCUT2D eigenvalue weighted by molar-refractivity contribution is -0.349. The van der Waals surface area contributed by atoms with Gasteiger partial charge in [0.05, 0.1) is 15.7 Å². The van der Waals surface area contributed by atoms with Gasteiger partial charge in [0.2, 0.25) is 0 Å². The van der Waals surface area contributed by atoms with Crippen molar-refractivity contribution < 1.29 is 49.1 Å². The number of halogens is 7. The van der Waals surface area contributed by atoms with Crippen LogP contribution in [0, 0.1) is 0 Å². The standard InChI is InChI=1S/C16H17F7O4S/c1-4-8(3)28(26,27)12-9(5-2)10(13(24)25)6-7-11(12)14(17,15(18,19)20)16(21,22)23/h6-8H,4-5H2,1-3H3,(H,24,25). The Kier molecular flexibility index (Phi) is 6.50. The van der Waals surface area contributed by atoms with E-state index < -0.39 is 67.1 Å². The Bertz CT molecular complexity index is 843. The van der Waals surface area contributed by atoms with Crippen LogP contribution < -0.4 is 0 Å². The van der Waals surface area contributed by atoms with Crippen molar-refractivity contribution in [2.24, 2.45) is 0 Å². The molecule has 4 nitrogen and oxygen atoms in total. The van der Waals surface area contributed by atoms with E-state index in [0.717, 1.165) is 13.8 Å². The van der Waals surface area contributed by atoms with Crippen molar-refractivity contribution in [3.63, 3.8) is 0 Å². The minimum atomic E-state index is -6.54. The SMILES string of the molecule is CCc1c(C(=O)O)ccc(C(F)(C(F)(F)F)C(F)(F)F)c1S(=O)(=O)C(C)CC. The molecule has 1 unspecified atom stereocenters. The third-order valence-electron chi connectivity index (χ3n) is 4.39. The van der Waals surface area contributed by atoms with E-state index in [1.54, 1.807) is 0 Å². The zero-order chi connectivity index (χ0) is 22.3. The van der Waals surface area contributed by atoms with Gasteiger partial charge in [-0.2, -0.15) is 26.3 Å². The number of rotatable bonds is 6. The second-order valence-electron chi connectivity index (χ2n) is 6.04. The summed E-state index contributed by atoms with van der Waals surface area (Å²) < 4.78 is 120. The van der Waals surface area contributed by atoms with Gasteiger partial charge in [-0.25, -0.2) is 17.6 Å². The molecule has 1 rings (SSSR count). The summed E-state index contributed by atoms with van der Waals surface area (Å²) in [6.45, 7) is 3.47. The summed E-state index contributed by atoms with van der Waals surface area (Å²) in [6, 6.07) is 0.275. The summed E-state index contributed by atoms with van der Waals surface area (Å²) in [7, 11) is -4.93. The van der Waals surface area contributed by atoms with Gasteiger partial charge in [0.25, 0.3) is 0 Å². The number of alkyl halides is 7. The van der Waals surface area contributed by atoms with Crippen molar-refractivity contribution >= 4 is 15.8 Å². The third-order valence-corrected chi connectivity index (χ3v) is 6.81. The molecule has 12 heteroatoms. The van der Waals surface area contributed by atoms with Crippen LogP contribution in [0.25, 0.3) is 0 Å². The fourth-order valence-corrected chi connectivity index (χ4v) is 4.62. The van der Waals surface area contributed by atoms with E-state index in [1.165, 1.54) is 6.92 Å². The van der Waals surface area contributed by atoms with Crippen molar-refractivity contribution in [3.8, 4) is 0 Å². The highest BCUT2D eigenvalue weighted by molar-refractivity contribution is 7.92. The van der Waals surface area contributed by atoms with Crippen LogP contribution in [0.2, 0.25) is 0 Å². The molecule has 1 atom stereocenters. The second-order valence-corrected chi connectivity index (χ2v) is 8.35. The maximum Gasteiger partial charge on any atom is 0.435 e. The molecule has 0 spiro atoms. The molecule has 0 radical (unpaired) electrons. The molecular weight excluding hydrogens is 421 g/mol. The highest BCUT2D eigenvalue weighted by atomic mass is 32.2. The monoisotopic (exact) mass is 438 g/mol. The largest absolute Gasteiger partial charge is 0.478 e. The fraction of sp³-hybridized carbons (Fsp3) is 0.562. The van der Waals surface area contributed by atoms with E-state index in [4.69, 9.17) is 5.11 Å². The predicted molar refractivity (Wildman–Crippen MR) is 84.6 cm³/mol. The molecule has 0 saturated heterocycles. The lowest BCUT2D eigenvalue weighted by atomic mass is 9.90. The zero-order valence-corrected chi connectivity index (χ0v) is 15.7. The number of benzene rings is 1. The first-order valence-corrected chi connectivity index (χ1v) is 9.48. The van der Waals surface area contributed by atoms with E-state index in [1.807, 2.05) is 0 Å². The molecule has 1 aromatic carbocycles. The predicted octanol–water partition coefficient (Wildman–Crippen LogP) is 4.81. The maximum atomic E-state index is 14.7. The summed E-state index contributed by atoms with van der Waals surface area (Å²) in [4.78, 5) is 9.74. The van der Waals surface area contributed by atoms with Gasteiger partial charge in [-0.1, -0.05) is 19.9 Å². The van der Waals surface area contributed by atoms with Gasteiger partial charge in [-0.05, 0) is 31.4 Å². The topological polar surface area (TPSA) is 71.4 Å². The van der Waals surface area contributed by atoms with Gasteiger partial charge in [-0.15, -0.1) is 0 Å². The molecule has 28 heavy (non-hydrogen) atoms. The first-order chi connectivity index (χ1) is 12.5. The summed E-state index contributed by atoms with van der Waals surface area (Å²) in [5.74, 6) is -1.77. The molecule has 0 aliphatic heterocycles. The highest BCUT2D eigenvalue weighted by Crippen LogP contribution is 2.55. The number of carboxylic acid groups (broad SMARTS) is 1. The van der Waals surface area contributed by atoms with E-state index in [2.05, 4.69) is 0 Å². The summed E-state index contributed by atoms with van der Waals surface area (Å²) in [5.41, 5.74) is -9.83. The van der Waals surface area contributed by atoms with Crippen LogP contribution in [0.15, 0.2) is 17.0 Å². The average molecular weight is 438 g/mol. The Morgan fingerprint density at radius 3 is 1.82 bits per heavy atom. The zero-order valence-electron chi connectivity index (χ0n) is 14.9. The number of carboxylic acids is 1. The number of aromatic carboxylic acids is 1. The van der Waals surface area contributed by atoms with E-state index in [9.17, 15) is 43.9 Å². The van der Waals surface area contributed by atoms with Crippen LogP contribution in [0.3, 0.4) is 0 Å². The number of hydrogen-bond acceptors (Lipinski definition) is 3. The molecule has 1 N–H and O–H groups in total. The van der Waals surface area contributed by atoms with Crippen molar-refractivity contribution in [1.29, 1.82) is 0 Å². The highest BCUT2D eigenvalue weighted by Gasteiger charge is 2.74. The first kappa shape index (κ1) is 24.2. The number of carbonyl (C=O) groups is 1. The molecule has 1 aromatic rings. The van der Waals surface area contributed by atoms with Crippen LogP contribution >= 0.6 is 0 Å². The van der Waals surface area contributed by atoms with Gasteiger partial charge in [0.15, 0.2) is 9.84 Å². The van der Waals surface area contributed by atoms with Crippen molar-refractivity contribution in [3.05, 3.63) is 28.8 Å². The Labute approximate surface area is 156 Å². The summed E-state index contributed by atoms with van der Waals surface area (Å²) in [6.07, 6.45) is -13.8. The molecule has 0 heterocycles. The van der Waals surface area contributed by atoms with Crippen molar-refractivity contribution in [1.82, 2.24) is 0 Å². The molecule has 0 aromatic heterocycles. The Balaban J connectivity index is 4.27. The van der Waals surface area contributed by atoms with Crippen molar-refractivity contribution in [2.45, 2.75) is 61.8 Å². The molecule has 0 amide bonds. The minimum absolute atomic E-state index is 0.0706. The molecular formula is C16H17F7O4S. The van der Waals surface area contributed by atoms with Crippen molar-refractivity contribution in [2.75, 3.05) is 0 Å². The maximum absolute atomic E-state index is 14.7. The molecule has 0 bridgehead atoms. The Morgan fingerprint density at radius 2 is 1.50 bits per heavy atom. The van der Waals surface area contributed by atoms with Crippen LogP contribution in [-0.4, -0.2) is 37.1 Å². The minimum Gasteiger partial charge on any atom is -0.478 e. The molecule has 0 aliphatic rings. The quantitative estimate of drug-likeness (QED) is 0.648. The Hall–Kier alpha value is -1.85. The van der Waals surface area contributed by atoms with Crippen LogP contribution in [0.1, 0.15) is 48.7 Å². The number of hydrogen-bond donors (Lipinski definition) is 1. The summed E-state index contributed by atoms with van der Waals surface area (Å²) in [5, 5.41) is 7.68. The second kappa shape index (κ2) is 7.53. The van der Waals surface area contributed by atoms with Gasteiger partial charge in [0, 0.05) is 5.56 Å². The molecule has 160 valence electrons.